The molecular weight excluding hydrogens is 350 g/mol. The molecule has 4 nitrogen and oxygen atoms in total. The average Bonchev–Trinajstić information content (AvgIpc) is 2.63. The molecule has 0 bridgehead atoms. The van der Waals surface area contributed by atoms with Crippen LogP contribution < -0.4 is 5.32 Å². The normalized spacial score (nSPS) is 12.9. The Hall–Kier alpha value is -2.33. The molecule has 0 aromatic heterocycles. The lowest BCUT2D eigenvalue weighted by molar-refractivity contribution is -0.152. The van der Waals surface area contributed by atoms with Crippen molar-refractivity contribution in [1.29, 1.82) is 0 Å². The summed E-state index contributed by atoms with van der Waals surface area (Å²) in [5.41, 5.74) is 2.49. The van der Waals surface area contributed by atoms with Gasteiger partial charge in [-0.1, -0.05) is 61.8 Å². The van der Waals surface area contributed by atoms with Crippen molar-refractivity contribution in [2.45, 2.75) is 45.6 Å². The van der Waals surface area contributed by atoms with E-state index in [0.29, 0.717) is 16.5 Å². The van der Waals surface area contributed by atoms with E-state index in [9.17, 15) is 9.59 Å². The van der Waals surface area contributed by atoms with E-state index in [2.05, 4.69) is 19.2 Å². The number of esters is 1. The van der Waals surface area contributed by atoms with Crippen LogP contribution in [0.5, 0.6) is 0 Å². The van der Waals surface area contributed by atoms with Crippen molar-refractivity contribution >= 4 is 29.2 Å². The number of para-hydroxylation sites is 1. The van der Waals surface area contributed by atoms with Gasteiger partial charge in [0.15, 0.2) is 6.10 Å². The maximum absolute atomic E-state index is 12.4. The second-order valence-electron chi connectivity index (χ2n) is 6.29. The fourth-order valence-electron chi connectivity index (χ4n) is 2.58. The molecule has 0 fully saturated rings. The van der Waals surface area contributed by atoms with Gasteiger partial charge in [0.25, 0.3) is 5.91 Å². The van der Waals surface area contributed by atoms with E-state index < -0.39 is 12.1 Å². The van der Waals surface area contributed by atoms with Gasteiger partial charge in [0.05, 0.1) is 6.42 Å². The summed E-state index contributed by atoms with van der Waals surface area (Å²) in [5, 5.41) is 3.37. The summed E-state index contributed by atoms with van der Waals surface area (Å²) in [6, 6.07) is 14.7. The molecule has 2 rings (SSSR count). The first-order valence-corrected chi connectivity index (χ1v) is 9.12. The topological polar surface area (TPSA) is 55.4 Å². The maximum atomic E-state index is 12.4. The standard InChI is InChI=1S/C21H24ClNO3/c1-4-14(2)17-10-6-8-12-19(17)23-21(25)15(3)26-20(24)13-16-9-5-7-11-18(16)22/h5-12,14-15H,4,13H2,1-3H3,(H,23,25). The number of hydrogen-bond donors (Lipinski definition) is 1. The molecule has 0 saturated carbocycles. The van der Waals surface area contributed by atoms with E-state index >= 15 is 0 Å². The zero-order valence-corrected chi connectivity index (χ0v) is 16.0. The predicted molar refractivity (Wildman–Crippen MR) is 104 cm³/mol. The molecule has 26 heavy (non-hydrogen) atoms. The zero-order chi connectivity index (χ0) is 19.1. The third-order valence-corrected chi connectivity index (χ3v) is 4.70. The molecule has 0 aliphatic carbocycles. The van der Waals surface area contributed by atoms with E-state index in [1.807, 2.05) is 24.3 Å². The van der Waals surface area contributed by atoms with Crippen molar-refractivity contribution in [1.82, 2.24) is 0 Å². The molecule has 1 N–H and O–H groups in total. The smallest absolute Gasteiger partial charge is 0.311 e. The van der Waals surface area contributed by atoms with Crippen molar-refractivity contribution in [3.05, 3.63) is 64.7 Å². The predicted octanol–water partition coefficient (Wildman–Crippen LogP) is 4.97. The highest BCUT2D eigenvalue weighted by atomic mass is 35.5. The number of ether oxygens (including phenoxy) is 1. The summed E-state index contributed by atoms with van der Waals surface area (Å²) in [6.45, 7) is 5.77. The second-order valence-corrected chi connectivity index (χ2v) is 6.69. The number of amides is 1. The summed E-state index contributed by atoms with van der Waals surface area (Å²) in [6.07, 6.45) is 0.102. The van der Waals surface area contributed by atoms with Crippen LogP contribution in [0.2, 0.25) is 5.02 Å². The van der Waals surface area contributed by atoms with Gasteiger partial charge in [-0.05, 0) is 42.5 Å². The van der Waals surface area contributed by atoms with Crippen LogP contribution >= 0.6 is 11.6 Å². The molecule has 0 saturated heterocycles. The highest BCUT2D eigenvalue weighted by molar-refractivity contribution is 6.31. The number of benzene rings is 2. The number of halogens is 1. The van der Waals surface area contributed by atoms with Crippen LogP contribution in [-0.4, -0.2) is 18.0 Å². The fourth-order valence-corrected chi connectivity index (χ4v) is 2.79. The molecule has 1 amide bonds. The zero-order valence-electron chi connectivity index (χ0n) is 15.3. The van der Waals surface area contributed by atoms with Gasteiger partial charge in [-0.2, -0.15) is 0 Å². The van der Waals surface area contributed by atoms with Crippen LogP contribution in [-0.2, 0) is 20.7 Å². The summed E-state index contributed by atoms with van der Waals surface area (Å²) >= 11 is 6.05. The van der Waals surface area contributed by atoms with Crippen molar-refractivity contribution in [2.24, 2.45) is 0 Å². The lowest BCUT2D eigenvalue weighted by Gasteiger charge is -2.18. The molecule has 2 aromatic rings. The molecule has 0 aliphatic heterocycles. The molecule has 5 heteroatoms. The molecular formula is C21H24ClNO3. The summed E-state index contributed by atoms with van der Waals surface area (Å²) < 4.78 is 5.26. The number of carbonyl (C=O) groups excluding carboxylic acids is 2. The summed E-state index contributed by atoms with van der Waals surface area (Å²) in [4.78, 5) is 24.5. The van der Waals surface area contributed by atoms with Gasteiger partial charge in [-0.3, -0.25) is 9.59 Å². The highest BCUT2D eigenvalue weighted by Crippen LogP contribution is 2.26. The Labute approximate surface area is 159 Å². The van der Waals surface area contributed by atoms with Gasteiger partial charge in [0.1, 0.15) is 0 Å². The number of rotatable bonds is 7. The van der Waals surface area contributed by atoms with Crippen LogP contribution in [0.3, 0.4) is 0 Å². The van der Waals surface area contributed by atoms with E-state index in [0.717, 1.165) is 17.7 Å². The Bertz CT molecular complexity index is 775. The Balaban J connectivity index is 1.98. The monoisotopic (exact) mass is 373 g/mol. The van der Waals surface area contributed by atoms with Crippen molar-refractivity contribution in [2.75, 3.05) is 5.32 Å². The lowest BCUT2D eigenvalue weighted by Crippen LogP contribution is -2.31. The van der Waals surface area contributed by atoms with Gasteiger partial charge in [-0.15, -0.1) is 0 Å². The SMILES string of the molecule is CCC(C)c1ccccc1NC(=O)C(C)OC(=O)Cc1ccccc1Cl. The van der Waals surface area contributed by atoms with E-state index in [-0.39, 0.29) is 12.3 Å². The third-order valence-electron chi connectivity index (χ3n) is 4.33. The first kappa shape index (κ1) is 20.0. The molecule has 2 aromatic carbocycles. The van der Waals surface area contributed by atoms with Crippen LogP contribution in [0.1, 0.15) is 44.2 Å². The molecule has 0 spiro atoms. The third kappa shape index (κ3) is 5.33. The van der Waals surface area contributed by atoms with Gasteiger partial charge in [-0.25, -0.2) is 0 Å². The molecule has 2 unspecified atom stereocenters. The number of carbonyl (C=O) groups is 2. The average molecular weight is 374 g/mol. The van der Waals surface area contributed by atoms with Crippen LogP contribution in [0, 0.1) is 0 Å². The van der Waals surface area contributed by atoms with Crippen LogP contribution in [0.15, 0.2) is 48.5 Å². The molecule has 138 valence electrons. The molecule has 0 heterocycles. The Morgan fingerprint density at radius 1 is 1.08 bits per heavy atom. The van der Waals surface area contributed by atoms with Crippen LogP contribution in [0.4, 0.5) is 5.69 Å². The van der Waals surface area contributed by atoms with Crippen molar-refractivity contribution < 1.29 is 14.3 Å². The number of nitrogens with one attached hydrogen (secondary N) is 1. The van der Waals surface area contributed by atoms with Crippen LogP contribution in [0.25, 0.3) is 0 Å². The number of anilines is 1. The largest absolute Gasteiger partial charge is 0.452 e. The van der Waals surface area contributed by atoms with Gasteiger partial charge < -0.3 is 10.1 Å². The van der Waals surface area contributed by atoms with Gasteiger partial charge in [0, 0.05) is 10.7 Å². The fraction of sp³-hybridized carbons (Fsp3) is 0.333. The van der Waals surface area contributed by atoms with E-state index in [1.54, 1.807) is 31.2 Å². The Morgan fingerprint density at radius 3 is 2.42 bits per heavy atom. The molecule has 2 atom stereocenters. The summed E-state index contributed by atoms with van der Waals surface area (Å²) in [7, 11) is 0. The first-order chi connectivity index (χ1) is 12.4. The molecule has 0 radical (unpaired) electrons. The first-order valence-electron chi connectivity index (χ1n) is 8.75. The maximum Gasteiger partial charge on any atom is 0.311 e. The lowest BCUT2D eigenvalue weighted by atomic mass is 9.97. The van der Waals surface area contributed by atoms with Gasteiger partial charge >= 0.3 is 5.97 Å². The minimum atomic E-state index is -0.894. The Kier molecular flexibility index (Phi) is 7.22. The minimum absolute atomic E-state index is 0.0285. The minimum Gasteiger partial charge on any atom is -0.452 e. The summed E-state index contributed by atoms with van der Waals surface area (Å²) in [5.74, 6) is -0.520. The van der Waals surface area contributed by atoms with E-state index in [4.69, 9.17) is 16.3 Å². The molecule has 0 aliphatic rings. The van der Waals surface area contributed by atoms with E-state index in [1.165, 1.54) is 0 Å². The number of hydrogen-bond acceptors (Lipinski definition) is 3. The second kappa shape index (κ2) is 9.39. The Morgan fingerprint density at radius 2 is 1.73 bits per heavy atom. The highest BCUT2D eigenvalue weighted by Gasteiger charge is 2.20. The van der Waals surface area contributed by atoms with Crippen molar-refractivity contribution in [3.8, 4) is 0 Å². The quantitative estimate of drug-likeness (QED) is 0.697. The van der Waals surface area contributed by atoms with Gasteiger partial charge in [0.2, 0.25) is 0 Å². The van der Waals surface area contributed by atoms with Crippen molar-refractivity contribution in [3.63, 3.8) is 0 Å².